The van der Waals surface area contributed by atoms with Crippen LogP contribution in [0.2, 0.25) is 0 Å². The number of rotatable bonds is 3. The molecule has 0 atom stereocenters. The highest BCUT2D eigenvalue weighted by molar-refractivity contribution is 7.06. The topological polar surface area (TPSA) is 71.9 Å². The molecule has 0 bridgehead atoms. The van der Waals surface area contributed by atoms with E-state index < -0.39 is 0 Å². The van der Waals surface area contributed by atoms with Crippen LogP contribution < -0.4 is 15.1 Å². The lowest BCUT2D eigenvalue weighted by atomic mass is 9.95. The van der Waals surface area contributed by atoms with Crippen LogP contribution in [0.25, 0.3) is 5.69 Å². The Labute approximate surface area is 132 Å². The van der Waals surface area contributed by atoms with Crippen molar-refractivity contribution in [2.75, 3.05) is 5.73 Å². The molecule has 3 N–H and O–H groups in total. The number of amides is 1. The highest BCUT2D eigenvalue weighted by atomic mass is 32.1. The summed E-state index contributed by atoms with van der Waals surface area (Å²) in [6.07, 6.45) is 5.54. The van der Waals surface area contributed by atoms with Crippen LogP contribution in [0, 0.1) is 5.82 Å². The van der Waals surface area contributed by atoms with Gasteiger partial charge in [0.15, 0.2) is 16.5 Å². The number of nitrogens with two attached hydrogens (primary N) is 1. The van der Waals surface area contributed by atoms with Crippen molar-refractivity contribution in [1.29, 1.82) is 0 Å². The zero-order valence-electron chi connectivity index (χ0n) is 12.1. The second-order valence-corrected chi connectivity index (χ2v) is 6.43. The Hall–Kier alpha value is -2.02. The van der Waals surface area contributed by atoms with Gasteiger partial charge in [-0.15, -0.1) is 0 Å². The van der Waals surface area contributed by atoms with E-state index >= 15 is 0 Å². The monoisotopic (exact) mass is 321 g/mol. The van der Waals surface area contributed by atoms with E-state index in [0.29, 0.717) is 10.7 Å². The minimum absolute atomic E-state index is 0.210. The van der Waals surface area contributed by atoms with Crippen LogP contribution in [-0.2, 0) is 0 Å². The molecule has 1 heterocycles. The van der Waals surface area contributed by atoms with E-state index in [1.165, 1.54) is 22.6 Å². The molecule has 22 heavy (non-hydrogen) atoms. The number of hydrogen-bond donors (Lipinski definition) is 2. The lowest BCUT2D eigenvalue weighted by Gasteiger charge is -2.21. The van der Waals surface area contributed by atoms with Crippen molar-refractivity contribution in [1.82, 2.24) is 10.4 Å². The maximum absolute atomic E-state index is 13.0. The zero-order valence-corrected chi connectivity index (χ0v) is 12.9. The van der Waals surface area contributed by atoms with Crippen molar-refractivity contribution in [2.45, 2.75) is 38.1 Å². The molecule has 1 fully saturated rings. The maximum Gasteiger partial charge on any atom is 0.279 e. The average molecular weight is 321 g/mol. The van der Waals surface area contributed by atoms with E-state index in [0.717, 1.165) is 37.2 Å². The number of aromatic nitrogens is 2. The number of halogens is 1. The molecule has 1 aliphatic rings. The molecule has 0 spiro atoms. The summed E-state index contributed by atoms with van der Waals surface area (Å²) in [6.45, 7) is 0. The molecular weight excluding hydrogens is 303 g/mol. The standard InChI is InChI=1S/C15H17FN4OS/c16-10-6-8-12(9-7-10)20-19-13(14(17)22-20)15(21)18-11-4-2-1-3-5-11/h6-9,11,17H,1-5H2,(H,18,21)/p+1. The summed E-state index contributed by atoms with van der Waals surface area (Å²) in [5.74, 6) is -0.550. The van der Waals surface area contributed by atoms with Gasteiger partial charge in [0.1, 0.15) is 5.82 Å². The van der Waals surface area contributed by atoms with Crippen LogP contribution >= 0.6 is 11.5 Å². The van der Waals surface area contributed by atoms with E-state index in [1.54, 1.807) is 12.1 Å². The molecule has 1 saturated carbocycles. The molecule has 1 aromatic heterocycles. The van der Waals surface area contributed by atoms with Gasteiger partial charge in [-0.1, -0.05) is 19.3 Å². The Balaban J connectivity index is 1.76. The quantitative estimate of drug-likeness (QED) is 0.851. The highest BCUT2D eigenvalue weighted by Gasteiger charge is 2.26. The van der Waals surface area contributed by atoms with Gasteiger partial charge < -0.3 is 11.1 Å². The first-order valence-corrected chi connectivity index (χ1v) is 8.17. The number of anilines is 1. The molecule has 1 amide bonds. The molecule has 0 aliphatic heterocycles. The van der Waals surface area contributed by atoms with Gasteiger partial charge in [-0.25, -0.2) is 4.39 Å². The Bertz CT molecular complexity index is 665. The van der Waals surface area contributed by atoms with Crippen molar-refractivity contribution in [3.05, 3.63) is 35.8 Å². The Morgan fingerprint density at radius 2 is 1.95 bits per heavy atom. The van der Waals surface area contributed by atoms with Gasteiger partial charge in [0.05, 0.1) is 0 Å². The van der Waals surface area contributed by atoms with E-state index in [4.69, 9.17) is 5.73 Å². The van der Waals surface area contributed by atoms with Crippen molar-refractivity contribution in [3.8, 4) is 5.69 Å². The van der Waals surface area contributed by atoms with Crippen LogP contribution in [0.5, 0.6) is 0 Å². The largest absolute Gasteiger partial charge is 0.384 e. The number of nitrogens with zero attached hydrogens (tertiary/aromatic N) is 2. The Morgan fingerprint density at radius 1 is 1.27 bits per heavy atom. The summed E-state index contributed by atoms with van der Waals surface area (Å²) in [6, 6.07) is 6.10. The first-order valence-electron chi connectivity index (χ1n) is 7.39. The van der Waals surface area contributed by atoms with Gasteiger partial charge in [-0.05, 0) is 25.0 Å². The Morgan fingerprint density at radius 3 is 2.64 bits per heavy atom. The first kappa shape index (κ1) is 14.9. The van der Waals surface area contributed by atoms with Crippen LogP contribution in [0.4, 0.5) is 9.39 Å². The molecule has 7 heteroatoms. The second kappa shape index (κ2) is 6.39. The average Bonchev–Trinajstić information content (AvgIpc) is 2.91. The number of carbonyl (C=O) groups excluding carboxylic acids is 1. The fraction of sp³-hybridized carbons (Fsp3) is 0.400. The van der Waals surface area contributed by atoms with Gasteiger partial charge in [0.2, 0.25) is 5.69 Å². The van der Waals surface area contributed by atoms with Gasteiger partial charge in [0, 0.05) is 27.3 Å². The van der Waals surface area contributed by atoms with Gasteiger partial charge in [0.25, 0.3) is 11.6 Å². The third-order valence-electron chi connectivity index (χ3n) is 3.81. The van der Waals surface area contributed by atoms with Crippen LogP contribution in [-0.4, -0.2) is 17.0 Å². The number of nitrogens with one attached hydrogen (secondary N) is 1. The van der Waals surface area contributed by atoms with E-state index in [1.807, 2.05) is 0 Å². The third kappa shape index (κ3) is 3.24. The van der Waals surface area contributed by atoms with Crippen molar-refractivity contribution in [3.63, 3.8) is 0 Å². The van der Waals surface area contributed by atoms with Gasteiger partial charge in [-0.2, -0.15) is 0 Å². The summed E-state index contributed by atoms with van der Waals surface area (Å²) < 4.78 is 14.5. The van der Waals surface area contributed by atoms with E-state index in [9.17, 15) is 9.18 Å². The number of nitrogen functional groups attached to an aromatic ring is 1. The minimum atomic E-state index is -0.316. The van der Waals surface area contributed by atoms with Crippen LogP contribution in [0.15, 0.2) is 24.3 Å². The molecule has 0 saturated heterocycles. The molecule has 1 aromatic carbocycles. The molecule has 3 rings (SSSR count). The lowest BCUT2D eigenvalue weighted by molar-refractivity contribution is -0.588. The maximum atomic E-state index is 13.0. The third-order valence-corrected chi connectivity index (χ3v) is 4.67. The summed E-state index contributed by atoms with van der Waals surface area (Å²) in [7, 11) is 0. The van der Waals surface area contributed by atoms with E-state index in [2.05, 4.69) is 10.4 Å². The molecule has 116 valence electrons. The van der Waals surface area contributed by atoms with Crippen molar-refractivity contribution < 1.29 is 13.3 Å². The molecule has 2 aromatic rings. The zero-order chi connectivity index (χ0) is 15.5. The number of carbonyl (C=O) groups is 1. The van der Waals surface area contributed by atoms with Gasteiger partial charge >= 0.3 is 0 Å². The molecule has 0 unspecified atom stereocenters. The predicted molar refractivity (Wildman–Crippen MR) is 82.4 cm³/mol. The second-order valence-electron chi connectivity index (χ2n) is 5.46. The van der Waals surface area contributed by atoms with Crippen molar-refractivity contribution in [2.24, 2.45) is 0 Å². The van der Waals surface area contributed by atoms with E-state index in [-0.39, 0.29) is 23.5 Å². The first-order chi connectivity index (χ1) is 10.6. The smallest absolute Gasteiger partial charge is 0.279 e. The predicted octanol–water partition coefficient (Wildman–Crippen LogP) is 2.20. The van der Waals surface area contributed by atoms with Crippen LogP contribution in [0.1, 0.15) is 42.6 Å². The summed E-state index contributed by atoms with van der Waals surface area (Å²) >= 11 is 1.16. The van der Waals surface area contributed by atoms with Crippen LogP contribution in [0.3, 0.4) is 0 Å². The summed E-state index contributed by atoms with van der Waals surface area (Å²) in [5, 5.41) is 7.61. The lowest BCUT2D eigenvalue weighted by Crippen LogP contribution is -2.38. The van der Waals surface area contributed by atoms with Gasteiger partial charge in [-0.3, -0.25) is 4.79 Å². The minimum Gasteiger partial charge on any atom is -0.384 e. The molecule has 0 radical (unpaired) electrons. The normalized spacial score (nSPS) is 15.7. The number of benzene rings is 1. The SMILES string of the molecule is Nc1s[n+](-c2ccc(F)cc2)nc1C(=O)NC1CCCCC1. The molecule has 5 nitrogen and oxygen atoms in total. The molecular formula is C15H18FN4OS+. The Kier molecular flexibility index (Phi) is 4.33. The number of hydrogen-bond acceptors (Lipinski definition) is 4. The van der Waals surface area contributed by atoms with Crippen molar-refractivity contribution >= 4 is 22.4 Å². The fourth-order valence-corrected chi connectivity index (χ4v) is 3.39. The summed E-state index contributed by atoms with van der Waals surface area (Å²) in [5.41, 5.74) is 6.83. The highest BCUT2D eigenvalue weighted by Crippen LogP contribution is 2.19. The fourth-order valence-electron chi connectivity index (χ4n) is 2.63. The summed E-state index contributed by atoms with van der Waals surface area (Å²) in [4.78, 5) is 12.3. The molecule has 1 aliphatic carbocycles.